The molecule has 0 aliphatic carbocycles. The summed E-state index contributed by atoms with van der Waals surface area (Å²) in [7, 11) is 0. The highest BCUT2D eigenvalue weighted by Crippen LogP contribution is 2.10. The Morgan fingerprint density at radius 1 is 1.20 bits per heavy atom. The second-order valence-corrected chi connectivity index (χ2v) is 5.81. The lowest BCUT2D eigenvalue weighted by atomic mass is 10.1. The Morgan fingerprint density at radius 3 is 2.35 bits per heavy atom. The predicted octanol–water partition coefficient (Wildman–Crippen LogP) is 1.16. The van der Waals surface area contributed by atoms with Crippen LogP contribution in [-0.2, 0) is 16.1 Å². The molecule has 0 saturated heterocycles. The van der Waals surface area contributed by atoms with Gasteiger partial charge >= 0.3 is 0 Å². The largest absolute Gasteiger partial charge is 0.350 e. The van der Waals surface area contributed by atoms with E-state index in [-0.39, 0.29) is 24.3 Å². The summed E-state index contributed by atoms with van der Waals surface area (Å²) in [6, 6.07) is 7.06. The SMILES string of the molecule is CC(C)[C@H](N)C(=O)NCC(=O)NCc1ccc(Br)cc1. The molecule has 0 unspecified atom stereocenters. The van der Waals surface area contributed by atoms with Crippen molar-refractivity contribution in [3.63, 3.8) is 0 Å². The molecule has 4 N–H and O–H groups in total. The van der Waals surface area contributed by atoms with E-state index in [0.717, 1.165) is 10.0 Å². The molecule has 1 aromatic carbocycles. The van der Waals surface area contributed by atoms with Gasteiger partial charge in [-0.2, -0.15) is 0 Å². The van der Waals surface area contributed by atoms with Crippen molar-refractivity contribution in [2.24, 2.45) is 11.7 Å². The molecule has 1 atom stereocenters. The van der Waals surface area contributed by atoms with E-state index in [2.05, 4.69) is 26.6 Å². The zero-order valence-electron chi connectivity index (χ0n) is 11.7. The molecule has 0 fully saturated rings. The minimum atomic E-state index is -0.589. The molecule has 0 radical (unpaired) electrons. The third-order valence-electron chi connectivity index (χ3n) is 2.85. The van der Waals surface area contributed by atoms with E-state index < -0.39 is 6.04 Å². The number of benzene rings is 1. The number of carbonyl (C=O) groups excluding carboxylic acids is 2. The fourth-order valence-electron chi connectivity index (χ4n) is 1.45. The van der Waals surface area contributed by atoms with Crippen LogP contribution in [0.15, 0.2) is 28.7 Å². The number of hydrogen-bond donors (Lipinski definition) is 3. The number of rotatable bonds is 6. The quantitative estimate of drug-likeness (QED) is 0.726. The number of nitrogens with two attached hydrogens (primary N) is 1. The highest BCUT2D eigenvalue weighted by atomic mass is 79.9. The highest BCUT2D eigenvalue weighted by molar-refractivity contribution is 9.10. The van der Waals surface area contributed by atoms with Crippen LogP contribution < -0.4 is 16.4 Å². The van der Waals surface area contributed by atoms with Crippen molar-refractivity contribution in [1.82, 2.24) is 10.6 Å². The predicted molar refractivity (Wildman–Crippen MR) is 81.8 cm³/mol. The van der Waals surface area contributed by atoms with Crippen LogP contribution in [0.2, 0.25) is 0 Å². The van der Waals surface area contributed by atoms with Gasteiger partial charge in [-0.05, 0) is 23.6 Å². The summed E-state index contributed by atoms with van der Waals surface area (Å²) in [5.74, 6) is -0.503. The van der Waals surface area contributed by atoms with Crippen LogP contribution in [0.3, 0.4) is 0 Å². The Hall–Kier alpha value is -1.40. The van der Waals surface area contributed by atoms with Gasteiger partial charge in [0.1, 0.15) is 0 Å². The first-order chi connectivity index (χ1) is 9.40. The lowest BCUT2D eigenvalue weighted by molar-refractivity contribution is -0.127. The van der Waals surface area contributed by atoms with Crippen molar-refractivity contribution in [2.75, 3.05) is 6.54 Å². The number of carbonyl (C=O) groups is 2. The summed E-state index contributed by atoms with van der Waals surface area (Å²) in [5.41, 5.74) is 6.67. The van der Waals surface area contributed by atoms with E-state index in [1.165, 1.54) is 0 Å². The van der Waals surface area contributed by atoms with Crippen LogP contribution in [0.25, 0.3) is 0 Å². The van der Waals surface area contributed by atoms with Crippen LogP contribution in [0.4, 0.5) is 0 Å². The normalized spacial score (nSPS) is 12.1. The van der Waals surface area contributed by atoms with Crippen LogP contribution >= 0.6 is 15.9 Å². The maximum atomic E-state index is 11.6. The molecule has 0 aliphatic heterocycles. The van der Waals surface area contributed by atoms with Crippen molar-refractivity contribution in [3.8, 4) is 0 Å². The third-order valence-corrected chi connectivity index (χ3v) is 3.38. The summed E-state index contributed by atoms with van der Waals surface area (Å²) in [6.45, 7) is 4.09. The highest BCUT2D eigenvalue weighted by Gasteiger charge is 2.17. The van der Waals surface area contributed by atoms with Crippen molar-refractivity contribution in [3.05, 3.63) is 34.3 Å². The van der Waals surface area contributed by atoms with Gasteiger partial charge in [0.05, 0.1) is 12.6 Å². The Balaban J connectivity index is 2.30. The number of halogens is 1. The molecular formula is C14H20BrN3O2. The minimum Gasteiger partial charge on any atom is -0.350 e. The molecule has 2 amide bonds. The van der Waals surface area contributed by atoms with Crippen molar-refractivity contribution < 1.29 is 9.59 Å². The molecule has 0 saturated carbocycles. The Kier molecular flexibility index (Phi) is 6.67. The molecule has 0 bridgehead atoms. The van der Waals surface area contributed by atoms with E-state index >= 15 is 0 Å². The van der Waals surface area contributed by atoms with E-state index in [9.17, 15) is 9.59 Å². The van der Waals surface area contributed by atoms with Gasteiger partial charge in [-0.1, -0.05) is 41.9 Å². The minimum absolute atomic E-state index is 0.0424. The van der Waals surface area contributed by atoms with Gasteiger partial charge in [-0.15, -0.1) is 0 Å². The molecule has 0 spiro atoms. The smallest absolute Gasteiger partial charge is 0.239 e. The Bertz CT molecular complexity index is 460. The van der Waals surface area contributed by atoms with Gasteiger partial charge in [-0.3, -0.25) is 9.59 Å². The molecule has 0 aliphatic rings. The fraction of sp³-hybridized carbons (Fsp3) is 0.429. The molecule has 6 heteroatoms. The zero-order chi connectivity index (χ0) is 15.1. The van der Waals surface area contributed by atoms with Crippen LogP contribution in [0, 0.1) is 5.92 Å². The van der Waals surface area contributed by atoms with Gasteiger partial charge in [-0.25, -0.2) is 0 Å². The summed E-state index contributed by atoms with van der Waals surface area (Å²) < 4.78 is 0.988. The van der Waals surface area contributed by atoms with Gasteiger partial charge in [0.2, 0.25) is 11.8 Å². The fourth-order valence-corrected chi connectivity index (χ4v) is 1.72. The second kappa shape index (κ2) is 8.01. The Labute approximate surface area is 127 Å². The van der Waals surface area contributed by atoms with Crippen LogP contribution in [0.1, 0.15) is 19.4 Å². The molecule has 20 heavy (non-hydrogen) atoms. The molecule has 1 rings (SSSR count). The van der Waals surface area contributed by atoms with E-state index in [0.29, 0.717) is 6.54 Å². The monoisotopic (exact) mass is 341 g/mol. The zero-order valence-corrected chi connectivity index (χ0v) is 13.2. The Morgan fingerprint density at radius 2 is 1.80 bits per heavy atom. The molecule has 5 nitrogen and oxygen atoms in total. The van der Waals surface area contributed by atoms with Crippen LogP contribution in [0.5, 0.6) is 0 Å². The average Bonchev–Trinajstić information content (AvgIpc) is 2.43. The molecule has 0 aromatic heterocycles. The summed E-state index contributed by atoms with van der Waals surface area (Å²) in [6.07, 6.45) is 0. The molecule has 0 heterocycles. The van der Waals surface area contributed by atoms with E-state index in [4.69, 9.17) is 5.73 Å². The lowest BCUT2D eigenvalue weighted by Gasteiger charge is -2.15. The number of hydrogen-bond acceptors (Lipinski definition) is 3. The molecule has 1 aromatic rings. The first kappa shape index (κ1) is 16.7. The average molecular weight is 342 g/mol. The van der Waals surface area contributed by atoms with E-state index in [1.807, 2.05) is 38.1 Å². The molecular weight excluding hydrogens is 322 g/mol. The first-order valence-electron chi connectivity index (χ1n) is 6.44. The van der Waals surface area contributed by atoms with Gasteiger partial charge in [0.25, 0.3) is 0 Å². The van der Waals surface area contributed by atoms with Gasteiger partial charge in [0.15, 0.2) is 0 Å². The standard InChI is InChI=1S/C14H20BrN3O2/c1-9(2)13(16)14(20)18-8-12(19)17-7-10-3-5-11(15)6-4-10/h3-6,9,13H,7-8,16H2,1-2H3,(H,17,19)(H,18,20)/t13-/m0/s1. The maximum absolute atomic E-state index is 11.6. The van der Waals surface area contributed by atoms with Crippen LogP contribution in [-0.4, -0.2) is 24.4 Å². The second-order valence-electron chi connectivity index (χ2n) is 4.89. The summed E-state index contributed by atoms with van der Waals surface area (Å²) in [4.78, 5) is 23.2. The van der Waals surface area contributed by atoms with Crippen molar-refractivity contribution in [1.29, 1.82) is 0 Å². The van der Waals surface area contributed by atoms with E-state index in [1.54, 1.807) is 0 Å². The first-order valence-corrected chi connectivity index (χ1v) is 7.24. The van der Waals surface area contributed by atoms with Gasteiger partial charge in [0, 0.05) is 11.0 Å². The number of amides is 2. The van der Waals surface area contributed by atoms with Gasteiger partial charge < -0.3 is 16.4 Å². The topological polar surface area (TPSA) is 84.2 Å². The maximum Gasteiger partial charge on any atom is 0.239 e. The summed E-state index contributed by atoms with van der Waals surface area (Å²) >= 11 is 3.34. The van der Waals surface area contributed by atoms with Crippen molar-refractivity contribution in [2.45, 2.75) is 26.4 Å². The molecule has 110 valence electrons. The summed E-state index contributed by atoms with van der Waals surface area (Å²) in [5, 5.41) is 5.26. The van der Waals surface area contributed by atoms with Crippen molar-refractivity contribution >= 4 is 27.7 Å². The lowest BCUT2D eigenvalue weighted by Crippen LogP contribution is -2.47. The number of nitrogens with one attached hydrogen (secondary N) is 2. The third kappa shape index (κ3) is 5.71.